The number of rotatable bonds is 6. The number of aliphatic hydroxyl groups excluding tert-OH is 1. The number of nitrogens with one attached hydrogen (secondary N) is 1. The molecule has 0 bridgehead atoms. The van der Waals surface area contributed by atoms with Gasteiger partial charge in [-0.25, -0.2) is 4.68 Å². The molecule has 6 rings (SSSR count). The van der Waals surface area contributed by atoms with Gasteiger partial charge in [-0.1, -0.05) is 47.1 Å². The second-order valence-electron chi connectivity index (χ2n) is 11.3. The highest BCUT2D eigenvalue weighted by Gasteiger charge is 2.66. The second-order valence-corrected chi connectivity index (χ2v) is 16.0. The third-order valence-electron chi connectivity index (χ3n) is 8.44. The van der Waals surface area contributed by atoms with E-state index >= 15 is 4.11 Å². The normalized spacial score (nSPS) is 24.4. The summed E-state index contributed by atoms with van der Waals surface area (Å²) in [6.45, 7) is 5.32. The molecule has 1 aromatic heterocycles. The highest BCUT2D eigenvalue weighted by Crippen LogP contribution is 2.60. The number of carbonyl (C=O) groups excluding carboxylic acids is 1. The number of halogens is 2. The number of carbonyl (C=O) groups is 1. The van der Waals surface area contributed by atoms with Crippen LogP contribution < -0.4 is 10.5 Å². The molecule has 0 aliphatic carbocycles. The van der Waals surface area contributed by atoms with Gasteiger partial charge >= 0.3 is 0 Å². The zero-order valence-corrected chi connectivity index (χ0v) is 25.1. The Balaban J connectivity index is 1.41. The van der Waals surface area contributed by atoms with Gasteiger partial charge in [0.05, 0.1) is 34.9 Å². The molecule has 0 saturated carbocycles. The largest absolute Gasteiger partial charge is 0.396 e. The van der Waals surface area contributed by atoms with Crippen molar-refractivity contribution in [2.45, 2.75) is 50.2 Å². The number of anilines is 1. The molecule has 1 fully saturated rings. The van der Waals surface area contributed by atoms with Crippen molar-refractivity contribution in [3.8, 4) is 5.69 Å². The Morgan fingerprint density at radius 3 is 2.60 bits per heavy atom. The molecular weight excluding hydrogens is 593 g/mol. The molecule has 4 aromatic rings. The standard InChI is InChI=1S/C30H31BrFN3O4Si/c1-18-27(40(2,3)32)26(13-14-36)39-30(18)23-16-20(31)11-12-25(23)34(29(30)38)17-19-7-6-8-21(15-19)35-28(37)22-9-4-5-10-24(22)33-35/h4-12,15-16,18,26-27,33,36H,13-14,17H2,1-3H3/t18-,26+,27-,30+/m0/s1. The minimum Gasteiger partial charge on any atom is -0.396 e. The molecule has 2 aliphatic rings. The molecular formula is C30H31BrFN3O4Si. The first-order chi connectivity index (χ1) is 19.1. The number of ether oxygens (including phenoxy) is 1. The molecule has 3 heterocycles. The maximum atomic E-state index is 15.7. The van der Waals surface area contributed by atoms with Gasteiger partial charge < -0.3 is 18.9 Å². The zero-order chi connectivity index (χ0) is 28.4. The van der Waals surface area contributed by atoms with Gasteiger partial charge in [0.15, 0.2) is 5.60 Å². The van der Waals surface area contributed by atoms with Crippen LogP contribution in [0.15, 0.2) is 76.0 Å². The van der Waals surface area contributed by atoms with Crippen LogP contribution in [-0.4, -0.2) is 41.9 Å². The number of hydrogen-bond donors (Lipinski definition) is 2. The van der Waals surface area contributed by atoms with Crippen molar-refractivity contribution < 1.29 is 18.7 Å². The van der Waals surface area contributed by atoms with E-state index in [4.69, 9.17) is 4.74 Å². The summed E-state index contributed by atoms with van der Waals surface area (Å²) in [5.41, 5.74) is 1.73. The van der Waals surface area contributed by atoms with Gasteiger partial charge in [-0.2, -0.15) is 0 Å². The highest BCUT2D eigenvalue weighted by molar-refractivity contribution is 9.10. The highest BCUT2D eigenvalue weighted by atomic mass is 79.9. The summed E-state index contributed by atoms with van der Waals surface area (Å²) in [5, 5.41) is 13.5. The SMILES string of the molecule is C[C@H]1[C@H]([Si](C)(C)F)[C@@H](CCO)O[C@]12C(=O)N(Cc1cccc(-n3[nH]c4ccccc4c3=O)c1)c1ccc(Br)cc12. The Hall–Kier alpha value is -3.05. The lowest BCUT2D eigenvalue weighted by Crippen LogP contribution is -2.45. The van der Waals surface area contributed by atoms with Gasteiger partial charge in [-0.3, -0.25) is 14.7 Å². The fourth-order valence-electron chi connectivity index (χ4n) is 6.79. The predicted octanol–water partition coefficient (Wildman–Crippen LogP) is 5.79. The van der Waals surface area contributed by atoms with Crippen LogP contribution in [0.2, 0.25) is 18.6 Å². The molecule has 1 spiro atoms. The van der Waals surface area contributed by atoms with Crippen molar-refractivity contribution >= 4 is 46.8 Å². The topological polar surface area (TPSA) is 87.6 Å². The van der Waals surface area contributed by atoms with Gasteiger partial charge in [0.25, 0.3) is 11.5 Å². The second kappa shape index (κ2) is 9.80. The van der Waals surface area contributed by atoms with Gasteiger partial charge in [0.1, 0.15) is 0 Å². The third kappa shape index (κ3) is 4.11. The van der Waals surface area contributed by atoms with Crippen molar-refractivity contribution in [3.05, 3.63) is 92.7 Å². The number of aliphatic hydroxyl groups is 1. The summed E-state index contributed by atoms with van der Waals surface area (Å²) in [4.78, 5) is 29.2. The average molecular weight is 625 g/mol. The van der Waals surface area contributed by atoms with Crippen LogP contribution in [0.3, 0.4) is 0 Å². The summed E-state index contributed by atoms with van der Waals surface area (Å²) in [5.74, 6) is -0.650. The van der Waals surface area contributed by atoms with Crippen molar-refractivity contribution in [2.75, 3.05) is 11.5 Å². The number of H-pyrrole nitrogens is 1. The number of aromatic nitrogens is 2. The maximum absolute atomic E-state index is 15.7. The number of fused-ring (bicyclic) bond motifs is 3. The quantitative estimate of drug-likeness (QED) is 0.210. The van der Waals surface area contributed by atoms with Crippen LogP contribution >= 0.6 is 15.9 Å². The molecule has 1 amide bonds. The molecule has 40 heavy (non-hydrogen) atoms. The average Bonchev–Trinajstić information content (AvgIpc) is 3.49. The fraction of sp³-hybridized carbons (Fsp3) is 0.333. The van der Waals surface area contributed by atoms with Crippen molar-refractivity contribution in [1.29, 1.82) is 0 Å². The Morgan fingerprint density at radius 1 is 1.10 bits per heavy atom. The van der Waals surface area contributed by atoms with E-state index in [1.165, 1.54) is 4.68 Å². The van der Waals surface area contributed by atoms with Crippen LogP contribution in [-0.2, 0) is 21.7 Å². The van der Waals surface area contributed by atoms with Crippen molar-refractivity contribution in [1.82, 2.24) is 9.78 Å². The van der Waals surface area contributed by atoms with E-state index in [0.717, 1.165) is 21.2 Å². The molecule has 0 radical (unpaired) electrons. The molecule has 1 saturated heterocycles. The lowest BCUT2D eigenvalue weighted by molar-refractivity contribution is -0.146. The van der Waals surface area contributed by atoms with Crippen molar-refractivity contribution in [3.63, 3.8) is 0 Å². The maximum Gasteiger partial charge on any atom is 0.279 e. The first-order valence-electron chi connectivity index (χ1n) is 13.4. The molecule has 3 aromatic carbocycles. The Kier molecular flexibility index (Phi) is 6.64. The smallest absolute Gasteiger partial charge is 0.279 e. The molecule has 2 aliphatic heterocycles. The van der Waals surface area contributed by atoms with Crippen LogP contribution in [0.5, 0.6) is 0 Å². The number of benzene rings is 3. The van der Waals surface area contributed by atoms with E-state index in [-0.39, 0.29) is 31.0 Å². The Bertz CT molecular complexity index is 1680. The Labute approximate surface area is 240 Å². The van der Waals surface area contributed by atoms with E-state index < -0.39 is 31.6 Å². The lowest BCUT2D eigenvalue weighted by atomic mass is 9.82. The molecule has 4 atom stereocenters. The summed E-state index contributed by atoms with van der Waals surface area (Å²) in [6.07, 6.45) is -0.283. The number of amides is 1. The number of nitrogens with zero attached hydrogens (tertiary/aromatic N) is 2. The molecule has 10 heteroatoms. The van der Waals surface area contributed by atoms with E-state index in [2.05, 4.69) is 21.0 Å². The van der Waals surface area contributed by atoms with Gasteiger partial charge in [-0.15, -0.1) is 0 Å². The molecule has 0 unspecified atom stereocenters. The van der Waals surface area contributed by atoms with Crippen LogP contribution in [0.4, 0.5) is 9.80 Å². The van der Waals surface area contributed by atoms with Gasteiger partial charge in [-0.05, 0) is 67.5 Å². The summed E-state index contributed by atoms with van der Waals surface area (Å²) >= 11 is 3.55. The van der Waals surface area contributed by atoms with Crippen LogP contribution in [0.25, 0.3) is 16.6 Å². The lowest BCUT2D eigenvalue weighted by Gasteiger charge is -2.31. The summed E-state index contributed by atoms with van der Waals surface area (Å²) in [7, 11) is -3.26. The summed E-state index contributed by atoms with van der Waals surface area (Å²) < 4.78 is 24.6. The monoisotopic (exact) mass is 623 g/mol. The number of hydrogen-bond acceptors (Lipinski definition) is 4. The first kappa shape index (κ1) is 27.1. The molecule has 208 valence electrons. The van der Waals surface area contributed by atoms with E-state index in [0.29, 0.717) is 16.6 Å². The fourth-order valence-corrected chi connectivity index (χ4v) is 9.69. The zero-order valence-electron chi connectivity index (χ0n) is 22.5. The summed E-state index contributed by atoms with van der Waals surface area (Å²) in [6, 6.07) is 20.5. The number of para-hydroxylation sites is 1. The Morgan fingerprint density at radius 2 is 1.88 bits per heavy atom. The molecule has 2 N–H and O–H groups in total. The van der Waals surface area contributed by atoms with Gasteiger partial charge in [0.2, 0.25) is 8.41 Å². The first-order valence-corrected chi connectivity index (χ1v) is 17.2. The minimum absolute atomic E-state index is 0.141. The molecule has 7 nitrogen and oxygen atoms in total. The third-order valence-corrected chi connectivity index (χ3v) is 11.4. The van der Waals surface area contributed by atoms with E-state index in [1.54, 1.807) is 24.1 Å². The van der Waals surface area contributed by atoms with E-state index in [1.807, 2.05) is 67.6 Å². The van der Waals surface area contributed by atoms with Crippen LogP contribution in [0, 0.1) is 5.92 Å². The number of aromatic amines is 1. The van der Waals surface area contributed by atoms with E-state index in [9.17, 15) is 14.7 Å². The predicted molar refractivity (Wildman–Crippen MR) is 159 cm³/mol. The van der Waals surface area contributed by atoms with Gasteiger partial charge in [0, 0.05) is 28.1 Å². The minimum atomic E-state index is -3.26. The van der Waals surface area contributed by atoms with Crippen molar-refractivity contribution in [2.24, 2.45) is 5.92 Å². The van der Waals surface area contributed by atoms with Crippen LogP contribution in [0.1, 0.15) is 24.5 Å².